The van der Waals surface area contributed by atoms with Crippen molar-refractivity contribution < 1.29 is 0 Å². The van der Waals surface area contributed by atoms with Gasteiger partial charge in [-0.15, -0.1) is 11.8 Å². The quantitative estimate of drug-likeness (QED) is 0.276. The number of allylic oxidation sites excluding steroid dienone is 1. The van der Waals surface area contributed by atoms with Crippen molar-refractivity contribution in [1.29, 1.82) is 0 Å². The fourth-order valence-corrected chi connectivity index (χ4v) is 4.45. The van der Waals surface area contributed by atoms with E-state index < -0.39 is 0 Å². The molecule has 3 aromatic rings. The Balaban J connectivity index is 1.89. The predicted molar refractivity (Wildman–Crippen MR) is 141 cm³/mol. The van der Waals surface area contributed by atoms with E-state index in [1.807, 2.05) is 12.5 Å². The zero-order valence-corrected chi connectivity index (χ0v) is 19.9. The molecule has 4 heteroatoms. The number of nitrogens with zero attached hydrogens (tertiary/aromatic N) is 1. The normalized spacial score (nSPS) is 12.5. The number of rotatable bonds is 11. The van der Waals surface area contributed by atoms with Crippen LogP contribution in [-0.4, -0.2) is 19.6 Å². The lowest BCUT2D eigenvalue weighted by Crippen LogP contribution is -2.07. The maximum atomic E-state index is 5.72. The first-order valence-corrected chi connectivity index (χ1v) is 12.1. The van der Waals surface area contributed by atoms with Crippen LogP contribution in [0, 0.1) is 0 Å². The molecule has 0 aliphatic carbocycles. The summed E-state index contributed by atoms with van der Waals surface area (Å²) in [5, 5.41) is 5.31. The average molecular weight is 444 g/mol. The van der Waals surface area contributed by atoms with Crippen LogP contribution in [0.4, 0.5) is 0 Å². The highest BCUT2D eigenvalue weighted by Gasteiger charge is 2.17. The summed E-state index contributed by atoms with van der Waals surface area (Å²) >= 11 is 1.56. The molecular weight excluding hydrogens is 410 g/mol. The maximum absolute atomic E-state index is 5.72. The molecule has 3 rings (SSSR count). The first-order chi connectivity index (χ1) is 15.7. The molecule has 0 spiro atoms. The molecule has 0 aromatic heterocycles. The third-order valence-corrected chi connectivity index (χ3v) is 6.32. The molecule has 0 bridgehead atoms. The second kappa shape index (κ2) is 12.4. The third kappa shape index (κ3) is 6.19. The molecular formula is C28H33N3S. The Hall–Kier alpha value is -2.66. The van der Waals surface area contributed by atoms with Crippen LogP contribution in [0.25, 0.3) is 11.1 Å². The van der Waals surface area contributed by atoms with Crippen molar-refractivity contribution in [2.75, 3.05) is 12.9 Å². The predicted octanol–water partition coefficient (Wildman–Crippen LogP) is 6.15. The van der Waals surface area contributed by atoms with Gasteiger partial charge in [-0.1, -0.05) is 79.7 Å². The molecule has 0 amide bonds. The molecule has 1 unspecified atom stereocenters. The highest BCUT2D eigenvalue weighted by atomic mass is 32.2. The average Bonchev–Trinajstić information content (AvgIpc) is 2.85. The van der Waals surface area contributed by atoms with Crippen molar-refractivity contribution in [1.82, 2.24) is 5.32 Å². The molecule has 3 nitrogen and oxygen atoms in total. The fraction of sp³-hybridized carbons (Fsp3) is 0.250. The second-order valence-electron chi connectivity index (χ2n) is 7.77. The second-order valence-corrected chi connectivity index (χ2v) is 8.67. The van der Waals surface area contributed by atoms with Gasteiger partial charge >= 0.3 is 0 Å². The minimum atomic E-state index is 0.139. The Labute approximate surface area is 196 Å². The summed E-state index contributed by atoms with van der Waals surface area (Å²) in [6.45, 7) is 6.87. The molecule has 1 atom stereocenters. The molecule has 0 saturated heterocycles. The van der Waals surface area contributed by atoms with E-state index in [1.165, 1.54) is 33.4 Å². The molecule has 0 aliphatic rings. The third-order valence-electron chi connectivity index (χ3n) is 5.72. The van der Waals surface area contributed by atoms with Crippen molar-refractivity contribution in [2.45, 2.75) is 32.2 Å². The number of aliphatic imine (C=N–C) groups is 1. The minimum Gasteiger partial charge on any atom is -0.322 e. The summed E-state index contributed by atoms with van der Waals surface area (Å²) in [5.41, 5.74) is 14.4. The van der Waals surface area contributed by atoms with Crippen molar-refractivity contribution in [2.24, 2.45) is 10.7 Å². The highest BCUT2D eigenvalue weighted by Crippen LogP contribution is 2.32. The largest absolute Gasteiger partial charge is 0.322 e. The molecule has 0 heterocycles. The molecule has 166 valence electrons. The van der Waals surface area contributed by atoms with Crippen LogP contribution >= 0.6 is 11.8 Å². The van der Waals surface area contributed by atoms with Crippen LogP contribution in [0.1, 0.15) is 35.1 Å². The molecule has 32 heavy (non-hydrogen) atoms. The van der Waals surface area contributed by atoms with Crippen LogP contribution in [-0.2, 0) is 19.4 Å². The monoisotopic (exact) mass is 443 g/mol. The van der Waals surface area contributed by atoms with Crippen LogP contribution in [0.15, 0.2) is 88.9 Å². The highest BCUT2D eigenvalue weighted by molar-refractivity contribution is 8.02. The number of hydrogen-bond acceptors (Lipinski definition) is 4. The van der Waals surface area contributed by atoms with Gasteiger partial charge in [-0.3, -0.25) is 4.99 Å². The van der Waals surface area contributed by atoms with Crippen LogP contribution < -0.4 is 11.1 Å². The smallest absolute Gasteiger partial charge is 0.0537 e. The summed E-state index contributed by atoms with van der Waals surface area (Å²) in [5.74, 6) is 0.668. The number of benzene rings is 3. The Bertz CT molecular complexity index is 1020. The zero-order valence-electron chi connectivity index (χ0n) is 19.1. The lowest BCUT2D eigenvalue weighted by molar-refractivity contribution is 0.779. The van der Waals surface area contributed by atoms with E-state index in [9.17, 15) is 0 Å². The Kier molecular flexibility index (Phi) is 9.29. The van der Waals surface area contributed by atoms with E-state index in [0.29, 0.717) is 5.88 Å². The summed E-state index contributed by atoms with van der Waals surface area (Å²) in [6.07, 6.45) is 1.90. The van der Waals surface area contributed by atoms with Gasteiger partial charge in [0.15, 0.2) is 0 Å². The van der Waals surface area contributed by atoms with Gasteiger partial charge in [-0.05, 0) is 65.4 Å². The maximum Gasteiger partial charge on any atom is 0.0537 e. The van der Waals surface area contributed by atoms with E-state index in [4.69, 9.17) is 5.73 Å². The Morgan fingerprint density at radius 3 is 2.34 bits per heavy atom. The van der Waals surface area contributed by atoms with Gasteiger partial charge in [-0.25, -0.2) is 0 Å². The lowest BCUT2D eigenvalue weighted by Gasteiger charge is -2.19. The standard InChI is InChI=1S/C28H33N3S/c1-4-21-9-13-24(14-10-21)27(28(31-3)19-32-20-29)17-22-11-15-23(16-12-22)26-8-6-5-7-25(26)18-30-2/h5-16,19,27,30H,3-4,17-18,20,29H2,1-2H3/b28-19-. The van der Waals surface area contributed by atoms with Gasteiger partial charge in [-0.2, -0.15) is 0 Å². The van der Waals surface area contributed by atoms with Crippen LogP contribution in [0.2, 0.25) is 0 Å². The van der Waals surface area contributed by atoms with Gasteiger partial charge in [0.25, 0.3) is 0 Å². The summed E-state index contributed by atoms with van der Waals surface area (Å²) < 4.78 is 0. The molecule has 0 aliphatic heterocycles. The molecule has 3 aromatic carbocycles. The molecule has 0 saturated carbocycles. The SMILES string of the molecule is C=N/C(=C\SCN)C(Cc1ccc(-c2ccccc2CNC)cc1)c1ccc(CC)cc1. The minimum absolute atomic E-state index is 0.139. The number of nitrogens with one attached hydrogen (secondary N) is 1. The van der Waals surface area contributed by atoms with E-state index in [0.717, 1.165) is 25.1 Å². The number of hydrogen-bond donors (Lipinski definition) is 2. The lowest BCUT2D eigenvalue weighted by atomic mass is 9.88. The first kappa shape index (κ1) is 24.0. The molecule has 0 radical (unpaired) electrons. The van der Waals surface area contributed by atoms with E-state index >= 15 is 0 Å². The van der Waals surface area contributed by atoms with E-state index in [1.54, 1.807) is 11.8 Å². The number of thioether (sulfide) groups is 1. The Morgan fingerprint density at radius 2 is 1.72 bits per heavy atom. The van der Waals surface area contributed by atoms with Crippen molar-refractivity contribution in [3.8, 4) is 11.1 Å². The van der Waals surface area contributed by atoms with Crippen molar-refractivity contribution >= 4 is 18.5 Å². The van der Waals surface area contributed by atoms with Crippen LogP contribution in [0.5, 0.6) is 0 Å². The van der Waals surface area contributed by atoms with Gasteiger partial charge < -0.3 is 11.1 Å². The summed E-state index contributed by atoms with van der Waals surface area (Å²) in [4.78, 5) is 4.37. The Morgan fingerprint density at radius 1 is 1.03 bits per heavy atom. The fourth-order valence-electron chi connectivity index (χ4n) is 3.94. The van der Waals surface area contributed by atoms with Crippen molar-refractivity contribution in [3.05, 3.63) is 106 Å². The number of aryl methyl sites for hydroxylation is 1. The van der Waals surface area contributed by atoms with Gasteiger partial charge in [0, 0.05) is 18.3 Å². The van der Waals surface area contributed by atoms with E-state index in [-0.39, 0.29) is 5.92 Å². The topological polar surface area (TPSA) is 50.4 Å². The van der Waals surface area contributed by atoms with Crippen LogP contribution in [0.3, 0.4) is 0 Å². The van der Waals surface area contributed by atoms with Crippen molar-refractivity contribution in [3.63, 3.8) is 0 Å². The zero-order chi connectivity index (χ0) is 22.8. The molecule has 3 N–H and O–H groups in total. The van der Waals surface area contributed by atoms with E-state index in [2.05, 4.69) is 96.7 Å². The van der Waals surface area contributed by atoms with Gasteiger partial charge in [0.1, 0.15) is 0 Å². The summed E-state index contributed by atoms with van der Waals surface area (Å²) in [6, 6.07) is 26.3. The summed E-state index contributed by atoms with van der Waals surface area (Å²) in [7, 11) is 1.98. The number of nitrogens with two attached hydrogens (primary N) is 1. The van der Waals surface area contributed by atoms with Gasteiger partial charge in [0.05, 0.1) is 5.70 Å². The first-order valence-electron chi connectivity index (χ1n) is 11.1. The molecule has 0 fully saturated rings. The van der Waals surface area contributed by atoms with Gasteiger partial charge in [0.2, 0.25) is 0 Å².